The van der Waals surface area contributed by atoms with Crippen molar-refractivity contribution < 1.29 is 14.3 Å². The van der Waals surface area contributed by atoms with Gasteiger partial charge in [-0.3, -0.25) is 9.59 Å². The van der Waals surface area contributed by atoms with Gasteiger partial charge in [0.15, 0.2) is 0 Å². The zero-order valence-electron chi connectivity index (χ0n) is 22.8. The van der Waals surface area contributed by atoms with E-state index in [-0.39, 0.29) is 29.3 Å². The molecule has 1 aliphatic heterocycles. The minimum absolute atomic E-state index is 0.00605. The second kappa shape index (κ2) is 12.4. The van der Waals surface area contributed by atoms with Gasteiger partial charge < -0.3 is 19.9 Å². The van der Waals surface area contributed by atoms with Crippen LogP contribution in [-0.2, 0) is 20.9 Å². The molecule has 0 bridgehead atoms. The lowest BCUT2D eigenvalue weighted by atomic mass is 9.92. The number of carbonyl (C=O) groups is 2. The van der Waals surface area contributed by atoms with E-state index in [4.69, 9.17) is 4.74 Å². The Balaban J connectivity index is 1.90. The van der Waals surface area contributed by atoms with Crippen molar-refractivity contribution in [3.05, 3.63) is 59.7 Å². The molecule has 6 nitrogen and oxygen atoms in total. The number of carbonyl (C=O) groups excluding carboxylic acids is 2. The fraction of sp³-hybridized carbons (Fsp3) is 0.533. The fourth-order valence-electron chi connectivity index (χ4n) is 4.84. The van der Waals surface area contributed by atoms with Gasteiger partial charge in [0.2, 0.25) is 11.8 Å². The van der Waals surface area contributed by atoms with Crippen molar-refractivity contribution >= 4 is 23.2 Å². The van der Waals surface area contributed by atoms with E-state index in [1.807, 2.05) is 67.5 Å². The van der Waals surface area contributed by atoms with E-state index in [0.29, 0.717) is 19.5 Å². The second-order valence-electron chi connectivity index (χ2n) is 11.2. The Morgan fingerprint density at radius 3 is 2.42 bits per heavy atom. The molecular formula is C30H43N3O3. The van der Waals surface area contributed by atoms with Gasteiger partial charge >= 0.3 is 0 Å². The first-order valence-electron chi connectivity index (χ1n) is 13.1. The molecule has 1 heterocycles. The molecule has 1 aliphatic rings. The number of benzene rings is 2. The summed E-state index contributed by atoms with van der Waals surface area (Å²) < 4.78 is 5.93. The maximum Gasteiger partial charge on any atom is 0.230 e. The van der Waals surface area contributed by atoms with E-state index < -0.39 is 0 Å². The van der Waals surface area contributed by atoms with Crippen LogP contribution in [0.25, 0.3) is 0 Å². The molecule has 0 aliphatic carbocycles. The molecular weight excluding hydrogens is 450 g/mol. The summed E-state index contributed by atoms with van der Waals surface area (Å²) in [5, 5.41) is 3.05. The molecule has 196 valence electrons. The summed E-state index contributed by atoms with van der Waals surface area (Å²) in [4.78, 5) is 30.6. The number of hydrogen-bond donors (Lipinski definition) is 1. The molecule has 2 amide bonds. The third kappa shape index (κ3) is 7.82. The van der Waals surface area contributed by atoms with Crippen molar-refractivity contribution in [1.82, 2.24) is 4.90 Å². The lowest BCUT2D eigenvalue weighted by Crippen LogP contribution is -2.40. The van der Waals surface area contributed by atoms with Crippen LogP contribution in [0.3, 0.4) is 0 Å². The van der Waals surface area contributed by atoms with Crippen LogP contribution in [-0.4, -0.2) is 50.1 Å². The predicted octanol–water partition coefficient (Wildman–Crippen LogP) is 5.83. The standard InChI is InChI=1S/C30H43N3O3/c1-7-26(22-12-9-8-10-13-22)29(35)33(21-25-14-11-17-36-25)20-23-18-24(15-16-27(23)32(5)6)31-28(34)19-30(2,3)4/h8-10,12-13,15-16,18,25-26H,7,11,14,17,19-21H2,1-6H3,(H,31,34)/t25-,26-/m0/s1. The van der Waals surface area contributed by atoms with E-state index in [0.717, 1.165) is 48.4 Å². The first-order chi connectivity index (χ1) is 17.1. The third-order valence-electron chi connectivity index (χ3n) is 6.57. The van der Waals surface area contributed by atoms with Crippen molar-refractivity contribution in [3.8, 4) is 0 Å². The molecule has 36 heavy (non-hydrogen) atoms. The summed E-state index contributed by atoms with van der Waals surface area (Å²) in [5.41, 5.74) is 3.74. The number of anilines is 2. The Hall–Kier alpha value is -2.86. The van der Waals surface area contributed by atoms with Gasteiger partial charge in [0, 0.05) is 51.6 Å². The highest BCUT2D eigenvalue weighted by Gasteiger charge is 2.29. The topological polar surface area (TPSA) is 61.9 Å². The van der Waals surface area contributed by atoms with Crippen molar-refractivity contribution in [2.45, 2.75) is 71.9 Å². The molecule has 0 aromatic heterocycles. The SMILES string of the molecule is CC[C@H](C(=O)N(Cc1cc(NC(=O)CC(C)(C)C)ccc1N(C)C)C[C@@H]1CCCO1)c1ccccc1. The first kappa shape index (κ1) is 27.7. The van der Waals surface area contributed by atoms with Crippen molar-refractivity contribution in [3.63, 3.8) is 0 Å². The largest absolute Gasteiger partial charge is 0.377 e. The molecule has 3 rings (SSSR count). The Bertz CT molecular complexity index is 1010. The molecule has 2 aromatic rings. The van der Waals surface area contributed by atoms with Gasteiger partial charge in [-0.25, -0.2) is 0 Å². The highest BCUT2D eigenvalue weighted by atomic mass is 16.5. The van der Waals surface area contributed by atoms with Crippen LogP contribution in [0.4, 0.5) is 11.4 Å². The van der Waals surface area contributed by atoms with Gasteiger partial charge in [-0.1, -0.05) is 58.0 Å². The number of rotatable bonds is 10. The summed E-state index contributed by atoms with van der Waals surface area (Å²) in [6, 6.07) is 16.0. The average Bonchev–Trinajstić information content (AvgIpc) is 3.31. The van der Waals surface area contributed by atoms with E-state index >= 15 is 0 Å². The highest BCUT2D eigenvalue weighted by Crippen LogP contribution is 2.29. The molecule has 1 saturated heterocycles. The molecule has 0 unspecified atom stereocenters. The lowest BCUT2D eigenvalue weighted by molar-refractivity contribution is -0.135. The molecule has 2 aromatic carbocycles. The molecule has 1 N–H and O–H groups in total. The molecule has 0 saturated carbocycles. The predicted molar refractivity (Wildman–Crippen MR) is 147 cm³/mol. The minimum Gasteiger partial charge on any atom is -0.377 e. The molecule has 1 fully saturated rings. The summed E-state index contributed by atoms with van der Waals surface area (Å²) >= 11 is 0. The van der Waals surface area contributed by atoms with Crippen LogP contribution in [0.15, 0.2) is 48.5 Å². The molecule has 2 atom stereocenters. The van der Waals surface area contributed by atoms with Crippen LogP contribution >= 0.6 is 0 Å². The van der Waals surface area contributed by atoms with Gasteiger partial charge in [-0.15, -0.1) is 0 Å². The maximum absolute atomic E-state index is 14.0. The minimum atomic E-state index is -0.204. The fourth-order valence-corrected chi connectivity index (χ4v) is 4.84. The monoisotopic (exact) mass is 493 g/mol. The molecule has 0 spiro atoms. The Morgan fingerprint density at radius 2 is 1.83 bits per heavy atom. The van der Waals surface area contributed by atoms with Crippen LogP contribution in [0, 0.1) is 5.41 Å². The van der Waals surface area contributed by atoms with E-state index in [2.05, 4.69) is 37.9 Å². The maximum atomic E-state index is 14.0. The number of ether oxygens (including phenoxy) is 1. The van der Waals surface area contributed by atoms with Crippen LogP contribution < -0.4 is 10.2 Å². The number of amides is 2. The van der Waals surface area contributed by atoms with Crippen molar-refractivity contribution in [2.24, 2.45) is 5.41 Å². The Morgan fingerprint density at radius 1 is 1.11 bits per heavy atom. The zero-order valence-corrected chi connectivity index (χ0v) is 22.8. The van der Waals surface area contributed by atoms with Gasteiger partial charge in [0.1, 0.15) is 0 Å². The van der Waals surface area contributed by atoms with E-state index in [1.165, 1.54) is 0 Å². The third-order valence-corrected chi connectivity index (χ3v) is 6.57. The highest BCUT2D eigenvalue weighted by molar-refractivity contribution is 5.91. The Labute approximate surface area is 217 Å². The van der Waals surface area contributed by atoms with Crippen molar-refractivity contribution in [2.75, 3.05) is 37.5 Å². The summed E-state index contributed by atoms with van der Waals surface area (Å²) in [6.45, 7) is 10.0. The molecule has 6 heteroatoms. The second-order valence-corrected chi connectivity index (χ2v) is 11.2. The Kier molecular flexibility index (Phi) is 9.55. The van der Waals surface area contributed by atoms with Crippen LogP contribution in [0.5, 0.6) is 0 Å². The van der Waals surface area contributed by atoms with Gasteiger partial charge in [0.25, 0.3) is 0 Å². The molecule has 0 radical (unpaired) electrons. The number of nitrogens with zero attached hydrogens (tertiary/aromatic N) is 2. The van der Waals surface area contributed by atoms with E-state index in [9.17, 15) is 9.59 Å². The first-order valence-corrected chi connectivity index (χ1v) is 13.1. The number of nitrogens with one attached hydrogen (secondary N) is 1. The van der Waals surface area contributed by atoms with Gasteiger partial charge in [-0.05, 0) is 54.0 Å². The average molecular weight is 494 g/mol. The van der Waals surface area contributed by atoms with Crippen LogP contribution in [0.1, 0.15) is 70.4 Å². The zero-order chi connectivity index (χ0) is 26.3. The number of hydrogen-bond acceptors (Lipinski definition) is 4. The van der Waals surface area contributed by atoms with Crippen molar-refractivity contribution in [1.29, 1.82) is 0 Å². The normalized spacial score (nSPS) is 16.4. The summed E-state index contributed by atoms with van der Waals surface area (Å²) in [5.74, 6) is -0.0929. The van der Waals surface area contributed by atoms with Crippen LogP contribution in [0.2, 0.25) is 0 Å². The van der Waals surface area contributed by atoms with E-state index in [1.54, 1.807) is 0 Å². The summed E-state index contributed by atoms with van der Waals surface area (Å²) in [6.07, 6.45) is 3.22. The lowest BCUT2D eigenvalue weighted by Gasteiger charge is -2.31. The van der Waals surface area contributed by atoms with Gasteiger partial charge in [0.05, 0.1) is 12.0 Å². The van der Waals surface area contributed by atoms with Gasteiger partial charge in [-0.2, -0.15) is 0 Å². The quantitative estimate of drug-likeness (QED) is 0.452. The smallest absolute Gasteiger partial charge is 0.230 e. The summed E-state index contributed by atoms with van der Waals surface area (Å²) in [7, 11) is 4.00.